The normalized spacial score (nSPS) is 11.4. The maximum atomic E-state index is 12.7. The third-order valence-corrected chi connectivity index (χ3v) is 4.88. The van der Waals surface area contributed by atoms with Gasteiger partial charge in [-0.2, -0.15) is 10.2 Å². The minimum Gasteiger partial charge on any atom is -0.337 e. The average molecular weight is 423 g/mol. The van der Waals surface area contributed by atoms with Crippen LogP contribution >= 0.6 is 0 Å². The summed E-state index contributed by atoms with van der Waals surface area (Å²) in [6, 6.07) is 25.3. The summed E-state index contributed by atoms with van der Waals surface area (Å²) in [5.74, 6) is 0.788. The van der Waals surface area contributed by atoms with Crippen molar-refractivity contribution < 1.29 is 9.32 Å². The van der Waals surface area contributed by atoms with Crippen LogP contribution in [0.5, 0.6) is 0 Å². The van der Waals surface area contributed by atoms with E-state index in [4.69, 9.17) is 9.78 Å². The Balaban J connectivity index is 1.55. The van der Waals surface area contributed by atoms with E-state index >= 15 is 0 Å². The average Bonchev–Trinajstić information content (AvgIpc) is 3.30. The molecular formula is C25H21N5O2. The maximum Gasteiger partial charge on any atom is 0.319 e. The quantitative estimate of drug-likeness (QED) is 0.453. The maximum absolute atomic E-state index is 12.7. The van der Waals surface area contributed by atoms with E-state index < -0.39 is 12.1 Å². The summed E-state index contributed by atoms with van der Waals surface area (Å²) < 4.78 is 5.54. The van der Waals surface area contributed by atoms with Gasteiger partial charge in [-0.3, -0.25) is 0 Å². The molecule has 1 heterocycles. The number of aromatic nitrogens is 2. The lowest BCUT2D eigenvalue weighted by molar-refractivity contribution is 0.243. The molecule has 0 radical (unpaired) electrons. The lowest BCUT2D eigenvalue weighted by atomic mass is 10.1. The van der Waals surface area contributed by atoms with Crippen molar-refractivity contribution in [3.63, 3.8) is 0 Å². The molecule has 2 N–H and O–H groups in total. The Morgan fingerprint density at radius 3 is 2.56 bits per heavy atom. The van der Waals surface area contributed by atoms with Gasteiger partial charge in [-0.15, -0.1) is 0 Å². The first kappa shape index (κ1) is 20.8. The van der Waals surface area contributed by atoms with Crippen LogP contribution < -0.4 is 10.6 Å². The van der Waals surface area contributed by atoms with Crippen molar-refractivity contribution in [3.05, 3.63) is 101 Å². The van der Waals surface area contributed by atoms with Crippen molar-refractivity contribution in [1.82, 2.24) is 15.5 Å². The summed E-state index contributed by atoms with van der Waals surface area (Å²) in [5.41, 5.74) is 4.06. The number of benzene rings is 3. The highest BCUT2D eigenvalue weighted by atomic mass is 16.5. The van der Waals surface area contributed by atoms with Gasteiger partial charge in [0.25, 0.3) is 0 Å². The first-order valence-corrected chi connectivity index (χ1v) is 10.1. The van der Waals surface area contributed by atoms with Crippen molar-refractivity contribution in [2.24, 2.45) is 0 Å². The van der Waals surface area contributed by atoms with E-state index in [0.717, 1.165) is 16.7 Å². The molecule has 1 unspecified atom stereocenters. The van der Waals surface area contributed by atoms with E-state index in [1.54, 1.807) is 24.3 Å². The molecule has 0 aliphatic rings. The van der Waals surface area contributed by atoms with Gasteiger partial charge in [0.1, 0.15) is 6.04 Å². The monoisotopic (exact) mass is 423 g/mol. The molecule has 7 nitrogen and oxygen atoms in total. The molecular weight excluding hydrogens is 402 g/mol. The van der Waals surface area contributed by atoms with E-state index in [2.05, 4.69) is 26.8 Å². The fraction of sp³-hybridized carbons (Fsp3) is 0.120. The summed E-state index contributed by atoms with van der Waals surface area (Å²) in [6.45, 7) is 2.00. The standard InChI is InChI=1S/C25H21N5O2/c1-17-6-5-9-20(14-17)23-29-24(32-30-23)22(15-18-7-3-2-4-8-18)28-25(31)27-21-12-10-19(16-26)11-13-21/h2-14,22H,15H2,1H3,(H2,27,28,31). The number of nitrogens with one attached hydrogen (secondary N) is 2. The van der Waals surface area contributed by atoms with Gasteiger partial charge in [0.15, 0.2) is 0 Å². The van der Waals surface area contributed by atoms with E-state index in [-0.39, 0.29) is 0 Å². The van der Waals surface area contributed by atoms with Crippen LogP contribution in [-0.2, 0) is 6.42 Å². The highest BCUT2D eigenvalue weighted by Gasteiger charge is 2.22. The molecule has 1 atom stereocenters. The molecule has 0 bridgehead atoms. The molecule has 0 fully saturated rings. The number of hydrogen-bond acceptors (Lipinski definition) is 5. The first-order valence-electron chi connectivity index (χ1n) is 10.1. The highest BCUT2D eigenvalue weighted by molar-refractivity contribution is 5.89. The number of aryl methyl sites for hydroxylation is 1. The Bertz CT molecular complexity index is 1240. The van der Waals surface area contributed by atoms with E-state index in [0.29, 0.717) is 29.4 Å². The van der Waals surface area contributed by atoms with Crippen LogP contribution in [0.3, 0.4) is 0 Å². The Morgan fingerprint density at radius 2 is 1.84 bits per heavy atom. The van der Waals surface area contributed by atoms with Gasteiger partial charge in [0, 0.05) is 17.7 Å². The molecule has 4 rings (SSSR count). The van der Waals surface area contributed by atoms with Crippen molar-refractivity contribution in [2.45, 2.75) is 19.4 Å². The van der Waals surface area contributed by atoms with Crippen LogP contribution in [0.15, 0.2) is 83.4 Å². The first-order chi connectivity index (χ1) is 15.6. The molecule has 0 saturated carbocycles. The number of amides is 2. The molecule has 1 aromatic heterocycles. The summed E-state index contributed by atoms with van der Waals surface area (Å²) in [6.07, 6.45) is 0.483. The molecule has 0 saturated heterocycles. The van der Waals surface area contributed by atoms with Gasteiger partial charge in [0.05, 0.1) is 11.6 Å². The SMILES string of the molecule is Cc1cccc(-c2noc(C(Cc3ccccc3)NC(=O)Nc3ccc(C#N)cc3)n2)c1. The van der Waals surface area contributed by atoms with Gasteiger partial charge >= 0.3 is 6.03 Å². The number of hydrogen-bond donors (Lipinski definition) is 2. The third kappa shape index (κ3) is 5.18. The molecule has 7 heteroatoms. The fourth-order valence-corrected chi connectivity index (χ4v) is 3.28. The molecule has 158 valence electrons. The van der Waals surface area contributed by atoms with Gasteiger partial charge < -0.3 is 15.2 Å². The molecule has 2 amide bonds. The number of urea groups is 1. The lowest BCUT2D eigenvalue weighted by Crippen LogP contribution is -2.34. The zero-order chi connectivity index (χ0) is 22.3. The second-order valence-corrected chi connectivity index (χ2v) is 7.36. The van der Waals surface area contributed by atoms with Crippen LogP contribution in [-0.4, -0.2) is 16.2 Å². The number of carbonyl (C=O) groups is 1. The Morgan fingerprint density at radius 1 is 1.06 bits per heavy atom. The Labute approximate surface area is 185 Å². The van der Waals surface area contributed by atoms with Crippen LogP contribution in [0.1, 0.15) is 28.6 Å². The highest BCUT2D eigenvalue weighted by Crippen LogP contribution is 2.22. The summed E-state index contributed by atoms with van der Waals surface area (Å²) in [4.78, 5) is 17.2. The van der Waals surface area contributed by atoms with Crippen molar-refractivity contribution in [2.75, 3.05) is 5.32 Å². The minimum atomic E-state index is -0.526. The van der Waals surface area contributed by atoms with Crippen LogP contribution in [0.4, 0.5) is 10.5 Å². The van der Waals surface area contributed by atoms with Crippen LogP contribution in [0.25, 0.3) is 11.4 Å². The predicted octanol–water partition coefficient (Wildman–Crippen LogP) is 5.02. The molecule has 0 aliphatic carbocycles. The van der Waals surface area contributed by atoms with Gasteiger partial charge in [-0.1, -0.05) is 59.3 Å². The molecule has 32 heavy (non-hydrogen) atoms. The minimum absolute atomic E-state index is 0.320. The van der Waals surface area contributed by atoms with Gasteiger partial charge in [-0.05, 0) is 42.8 Å². The largest absolute Gasteiger partial charge is 0.337 e. The number of anilines is 1. The Hall–Kier alpha value is -4.44. The van der Waals surface area contributed by atoms with E-state index in [1.165, 1.54) is 0 Å². The zero-order valence-electron chi connectivity index (χ0n) is 17.4. The summed E-state index contributed by atoms with van der Waals surface area (Å²) in [5, 5.41) is 18.7. The van der Waals surface area contributed by atoms with E-state index in [1.807, 2.05) is 61.5 Å². The zero-order valence-corrected chi connectivity index (χ0v) is 17.4. The van der Waals surface area contributed by atoms with Gasteiger partial charge in [0.2, 0.25) is 11.7 Å². The lowest BCUT2D eigenvalue weighted by Gasteiger charge is -2.16. The van der Waals surface area contributed by atoms with Crippen LogP contribution in [0.2, 0.25) is 0 Å². The molecule has 0 spiro atoms. The number of nitrogens with zero attached hydrogens (tertiary/aromatic N) is 3. The van der Waals surface area contributed by atoms with Crippen molar-refractivity contribution in [3.8, 4) is 17.5 Å². The summed E-state index contributed by atoms with van der Waals surface area (Å²) in [7, 11) is 0. The molecule has 4 aromatic rings. The second-order valence-electron chi connectivity index (χ2n) is 7.36. The second kappa shape index (κ2) is 9.58. The number of nitriles is 1. The Kier molecular flexibility index (Phi) is 6.23. The smallest absolute Gasteiger partial charge is 0.319 e. The topological polar surface area (TPSA) is 104 Å². The van der Waals surface area contributed by atoms with Crippen molar-refractivity contribution >= 4 is 11.7 Å². The fourth-order valence-electron chi connectivity index (χ4n) is 3.28. The summed E-state index contributed by atoms with van der Waals surface area (Å²) >= 11 is 0. The molecule has 3 aromatic carbocycles. The number of rotatable bonds is 6. The van der Waals surface area contributed by atoms with Gasteiger partial charge in [-0.25, -0.2) is 4.79 Å². The number of carbonyl (C=O) groups excluding carboxylic acids is 1. The van der Waals surface area contributed by atoms with Crippen molar-refractivity contribution in [1.29, 1.82) is 5.26 Å². The predicted molar refractivity (Wildman–Crippen MR) is 121 cm³/mol. The third-order valence-electron chi connectivity index (χ3n) is 4.88. The molecule has 0 aliphatic heterocycles. The van der Waals surface area contributed by atoms with Crippen LogP contribution in [0, 0.1) is 18.3 Å². The van der Waals surface area contributed by atoms with E-state index in [9.17, 15) is 4.79 Å².